The highest BCUT2D eigenvalue weighted by molar-refractivity contribution is 6.11. The summed E-state index contributed by atoms with van der Waals surface area (Å²) in [5.41, 5.74) is 8.25. The maximum Gasteiger partial charge on any atom is 0.143 e. The molecular weight excluding hydrogens is 542 g/mol. The molecule has 6 aromatic carbocycles. The molecule has 44 heavy (non-hydrogen) atoms. The molecule has 0 amide bonds. The molecule has 5 nitrogen and oxygen atoms in total. The molecule has 0 unspecified atom stereocenters. The van der Waals surface area contributed by atoms with Gasteiger partial charge < -0.3 is 8.83 Å². The Morgan fingerprint density at radius 3 is 1.77 bits per heavy atom. The van der Waals surface area contributed by atoms with E-state index in [2.05, 4.69) is 18.2 Å². The second-order valence-corrected chi connectivity index (χ2v) is 10.6. The lowest BCUT2D eigenvalue weighted by Crippen LogP contribution is -1.96. The summed E-state index contributed by atoms with van der Waals surface area (Å²) in [6, 6.07) is 43.4. The summed E-state index contributed by atoms with van der Waals surface area (Å²) in [5, 5.41) is 34.7. The predicted octanol–water partition coefficient (Wildman–Crippen LogP) is 10.1. The van der Waals surface area contributed by atoms with Gasteiger partial charge in [0, 0.05) is 43.8 Å². The van der Waals surface area contributed by atoms with E-state index in [-0.39, 0.29) is 0 Å². The number of fused-ring (bicyclic) bond motifs is 6. The van der Waals surface area contributed by atoms with Crippen molar-refractivity contribution >= 4 is 43.9 Å². The Morgan fingerprint density at radius 2 is 1.05 bits per heavy atom. The van der Waals surface area contributed by atoms with Crippen molar-refractivity contribution in [3.05, 3.63) is 132 Å². The summed E-state index contributed by atoms with van der Waals surface area (Å²) in [5.74, 6) is 0. The first kappa shape index (κ1) is 25.1. The third-order valence-electron chi connectivity index (χ3n) is 8.23. The second-order valence-electron chi connectivity index (χ2n) is 10.6. The molecule has 0 bridgehead atoms. The minimum absolute atomic E-state index is 0.379. The fourth-order valence-corrected chi connectivity index (χ4v) is 6.25. The Hall–Kier alpha value is -6.61. The van der Waals surface area contributed by atoms with Gasteiger partial charge in [0.15, 0.2) is 0 Å². The molecule has 0 N–H and O–H groups in total. The van der Waals surface area contributed by atoms with Crippen LogP contribution < -0.4 is 0 Å². The van der Waals surface area contributed by atoms with Crippen molar-refractivity contribution in [2.24, 2.45) is 0 Å². The molecule has 0 aliphatic carbocycles. The van der Waals surface area contributed by atoms with E-state index in [1.54, 1.807) is 18.2 Å². The maximum atomic E-state index is 10.7. The first-order valence-corrected chi connectivity index (χ1v) is 14.0. The van der Waals surface area contributed by atoms with Crippen molar-refractivity contribution in [1.82, 2.24) is 0 Å². The van der Waals surface area contributed by atoms with Crippen molar-refractivity contribution in [1.29, 1.82) is 15.8 Å². The van der Waals surface area contributed by atoms with Gasteiger partial charge in [0.05, 0.1) is 28.8 Å². The SMILES string of the molecule is N#Cc1cccc(C#N)c1-c1cc(-c2ccc3oc4ccccc4c3c2)c(C#N)c(-c2cccc3c2oc2ccccc23)c1. The summed E-state index contributed by atoms with van der Waals surface area (Å²) >= 11 is 0. The number of para-hydroxylation sites is 3. The van der Waals surface area contributed by atoms with Crippen LogP contribution in [-0.2, 0) is 0 Å². The lowest BCUT2D eigenvalue weighted by atomic mass is 9.85. The number of nitrogens with zero attached hydrogens (tertiary/aromatic N) is 3. The zero-order valence-corrected chi connectivity index (χ0v) is 23.1. The van der Waals surface area contributed by atoms with Crippen LogP contribution in [0, 0.1) is 34.0 Å². The zero-order chi connectivity index (χ0) is 29.8. The number of hydrogen-bond acceptors (Lipinski definition) is 5. The molecule has 0 aliphatic rings. The van der Waals surface area contributed by atoms with E-state index >= 15 is 0 Å². The van der Waals surface area contributed by atoms with Gasteiger partial charge in [0.2, 0.25) is 0 Å². The Kier molecular flexibility index (Phi) is 5.56. The van der Waals surface area contributed by atoms with Gasteiger partial charge in [-0.15, -0.1) is 0 Å². The Labute approximate surface area is 251 Å². The standard InChI is InChI=1S/C39H19N3O2/c40-20-24-7-5-8-25(21-41)38(24)26-18-31(23-15-16-37-33(17-23)28-10-2-3-13-35(28)43-37)34(22-42)32(19-26)30-12-6-11-29-27-9-1-4-14-36(27)44-39(29)30/h1-19H. The average Bonchev–Trinajstić information content (AvgIpc) is 3.65. The molecule has 202 valence electrons. The van der Waals surface area contributed by atoms with Crippen LogP contribution in [0.5, 0.6) is 0 Å². The van der Waals surface area contributed by atoms with E-state index in [4.69, 9.17) is 8.83 Å². The van der Waals surface area contributed by atoms with Crippen LogP contribution in [0.3, 0.4) is 0 Å². The van der Waals surface area contributed by atoms with Crippen LogP contribution in [0.15, 0.2) is 124 Å². The molecule has 0 spiro atoms. The van der Waals surface area contributed by atoms with E-state index in [9.17, 15) is 15.8 Å². The van der Waals surface area contributed by atoms with Crippen molar-refractivity contribution < 1.29 is 8.83 Å². The van der Waals surface area contributed by atoms with E-state index in [0.717, 1.165) is 49.4 Å². The van der Waals surface area contributed by atoms with Crippen LogP contribution in [0.25, 0.3) is 77.3 Å². The summed E-state index contributed by atoms with van der Waals surface area (Å²) in [7, 11) is 0. The van der Waals surface area contributed by atoms with E-state index in [0.29, 0.717) is 44.5 Å². The molecule has 0 fully saturated rings. The molecule has 0 atom stereocenters. The molecule has 5 heteroatoms. The van der Waals surface area contributed by atoms with E-state index in [1.165, 1.54) is 0 Å². The summed E-state index contributed by atoms with van der Waals surface area (Å²) in [4.78, 5) is 0. The third kappa shape index (κ3) is 3.70. The first-order chi connectivity index (χ1) is 21.7. The molecule has 8 aromatic rings. The maximum absolute atomic E-state index is 10.7. The molecule has 2 heterocycles. The Morgan fingerprint density at radius 1 is 0.432 bits per heavy atom. The minimum atomic E-state index is 0.379. The van der Waals surface area contributed by atoms with E-state index < -0.39 is 0 Å². The van der Waals surface area contributed by atoms with Crippen LogP contribution in [0.1, 0.15) is 16.7 Å². The fraction of sp³-hybridized carbons (Fsp3) is 0. The lowest BCUT2D eigenvalue weighted by Gasteiger charge is -2.16. The summed E-state index contributed by atoms with van der Waals surface area (Å²) in [6.07, 6.45) is 0. The first-order valence-electron chi connectivity index (χ1n) is 14.0. The Bertz CT molecular complexity index is 2570. The topological polar surface area (TPSA) is 97.6 Å². The van der Waals surface area contributed by atoms with Crippen LogP contribution in [0.2, 0.25) is 0 Å². The minimum Gasteiger partial charge on any atom is -0.456 e. The van der Waals surface area contributed by atoms with Gasteiger partial charge in [0.1, 0.15) is 28.4 Å². The fourth-order valence-electron chi connectivity index (χ4n) is 6.25. The number of furan rings is 2. The average molecular weight is 562 g/mol. The largest absolute Gasteiger partial charge is 0.456 e. The molecular formula is C39H19N3O2. The molecule has 0 saturated heterocycles. The van der Waals surface area contributed by atoms with E-state index in [1.807, 2.05) is 97.1 Å². The number of benzene rings is 6. The molecule has 0 radical (unpaired) electrons. The molecule has 2 aromatic heterocycles. The van der Waals surface area contributed by atoms with Crippen LogP contribution in [-0.4, -0.2) is 0 Å². The van der Waals surface area contributed by atoms with Crippen molar-refractivity contribution in [3.63, 3.8) is 0 Å². The predicted molar refractivity (Wildman–Crippen MR) is 171 cm³/mol. The highest BCUT2D eigenvalue weighted by atomic mass is 16.3. The zero-order valence-electron chi connectivity index (χ0n) is 23.1. The van der Waals surface area contributed by atoms with Crippen molar-refractivity contribution in [2.75, 3.05) is 0 Å². The van der Waals surface area contributed by atoms with Crippen molar-refractivity contribution in [2.45, 2.75) is 0 Å². The smallest absolute Gasteiger partial charge is 0.143 e. The van der Waals surface area contributed by atoms with Gasteiger partial charge in [-0.1, -0.05) is 66.7 Å². The van der Waals surface area contributed by atoms with Crippen LogP contribution >= 0.6 is 0 Å². The highest BCUT2D eigenvalue weighted by Crippen LogP contribution is 2.43. The normalized spacial score (nSPS) is 11.1. The quantitative estimate of drug-likeness (QED) is 0.214. The summed E-state index contributed by atoms with van der Waals surface area (Å²) in [6.45, 7) is 0. The van der Waals surface area contributed by atoms with Crippen molar-refractivity contribution in [3.8, 4) is 51.6 Å². The van der Waals surface area contributed by atoms with Gasteiger partial charge >= 0.3 is 0 Å². The van der Waals surface area contributed by atoms with Crippen LogP contribution in [0.4, 0.5) is 0 Å². The third-order valence-corrected chi connectivity index (χ3v) is 8.23. The Balaban J connectivity index is 1.49. The second kappa shape index (κ2) is 9.74. The molecule has 8 rings (SSSR count). The molecule has 0 saturated carbocycles. The van der Waals surface area contributed by atoms with Gasteiger partial charge in [-0.2, -0.15) is 15.8 Å². The summed E-state index contributed by atoms with van der Waals surface area (Å²) < 4.78 is 12.5. The lowest BCUT2D eigenvalue weighted by molar-refractivity contribution is 0.669. The highest BCUT2D eigenvalue weighted by Gasteiger charge is 2.22. The van der Waals surface area contributed by atoms with Gasteiger partial charge in [-0.3, -0.25) is 0 Å². The number of rotatable bonds is 3. The van der Waals surface area contributed by atoms with Gasteiger partial charge in [-0.25, -0.2) is 0 Å². The monoisotopic (exact) mass is 561 g/mol. The van der Waals surface area contributed by atoms with Gasteiger partial charge in [0.25, 0.3) is 0 Å². The molecule has 0 aliphatic heterocycles. The number of nitriles is 3. The number of hydrogen-bond donors (Lipinski definition) is 0. The van der Waals surface area contributed by atoms with Gasteiger partial charge in [-0.05, 0) is 59.7 Å².